The zero-order valence-electron chi connectivity index (χ0n) is 9.57. The maximum absolute atomic E-state index is 7.49. The Morgan fingerprint density at radius 1 is 1.69 bits per heavy atom. The summed E-state index contributed by atoms with van der Waals surface area (Å²) in [5.41, 5.74) is 7.25. The van der Waals surface area contributed by atoms with E-state index in [1.807, 2.05) is 11.6 Å². The first-order valence-corrected chi connectivity index (χ1v) is 5.76. The summed E-state index contributed by atoms with van der Waals surface area (Å²) in [5, 5.41) is 11.8. The van der Waals surface area contributed by atoms with E-state index in [1.165, 1.54) is 6.42 Å². The lowest BCUT2D eigenvalue weighted by atomic mass is 10.1. The van der Waals surface area contributed by atoms with Gasteiger partial charge in [0.15, 0.2) is 0 Å². The summed E-state index contributed by atoms with van der Waals surface area (Å²) in [6.45, 7) is 2.84. The minimum Gasteiger partial charge on any atom is -0.384 e. The van der Waals surface area contributed by atoms with Crippen molar-refractivity contribution in [1.82, 2.24) is 9.78 Å². The molecule has 3 N–H and O–H groups in total. The van der Waals surface area contributed by atoms with Gasteiger partial charge in [-0.25, -0.2) is 4.68 Å². The largest absolute Gasteiger partial charge is 0.384 e. The van der Waals surface area contributed by atoms with Gasteiger partial charge in [0.25, 0.3) is 0 Å². The number of rotatable bonds is 3. The van der Waals surface area contributed by atoms with Crippen LogP contribution in [0, 0.1) is 5.41 Å². The Labute approximate surface area is 95.1 Å². The Kier molecular flexibility index (Phi) is 3.24. The van der Waals surface area contributed by atoms with E-state index in [9.17, 15) is 0 Å². The van der Waals surface area contributed by atoms with Crippen LogP contribution in [0.1, 0.15) is 43.7 Å². The van der Waals surface area contributed by atoms with Gasteiger partial charge >= 0.3 is 0 Å². The Hall–Kier alpha value is -1.36. The SMILES string of the molecule is CCc1c(C(=N)N)cnn1C1CCCCO1. The predicted octanol–water partition coefficient (Wildman–Crippen LogP) is 1.43. The average molecular weight is 222 g/mol. The molecule has 1 aromatic heterocycles. The summed E-state index contributed by atoms with van der Waals surface area (Å²) in [7, 11) is 0. The van der Waals surface area contributed by atoms with Crippen LogP contribution < -0.4 is 5.73 Å². The zero-order chi connectivity index (χ0) is 11.5. The first kappa shape index (κ1) is 11.1. The van der Waals surface area contributed by atoms with Crippen LogP contribution in [-0.2, 0) is 11.2 Å². The highest BCUT2D eigenvalue weighted by Gasteiger charge is 2.21. The first-order chi connectivity index (χ1) is 7.74. The van der Waals surface area contributed by atoms with Crippen molar-refractivity contribution in [2.75, 3.05) is 6.61 Å². The lowest BCUT2D eigenvalue weighted by Gasteiger charge is -2.24. The van der Waals surface area contributed by atoms with E-state index < -0.39 is 0 Å². The van der Waals surface area contributed by atoms with Gasteiger partial charge in [-0.3, -0.25) is 5.41 Å². The lowest BCUT2D eigenvalue weighted by Crippen LogP contribution is -2.22. The molecule has 1 aliphatic rings. The third-order valence-electron chi connectivity index (χ3n) is 2.95. The topological polar surface area (TPSA) is 76.9 Å². The minimum absolute atomic E-state index is 0.0248. The summed E-state index contributed by atoms with van der Waals surface area (Å²) in [5.74, 6) is 0.0823. The highest BCUT2D eigenvalue weighted by molar-refractivity contribution is 5.95. The summed E-state index contributed by atoms with van der Waals surface area (Å²) >= 11 is 0. The lowest BCUT2D eigenvalue weighted by molar-refractivity contribution is -0.0410. The van der Waals surface area contributed by atoms with Crippen molar-refractivity contribution in [3.63, 3.8) is 0 Å². The summed E-state index contributed by atoms with van der Waals surface area (Å²) in [6, 6.07) is 0. The predicted molar refractivity (Wildman–Crippen MR) is 61.5 cm³/mol. The number of ether oxygens (including phenoxy) is 1. The van der Waals surface area contributed by atoms with E-state index in [4.69, 9.17) is 15.9 Å². The summed E-state index contributed by atoms with van der Waals surface area (Å²) in [4.78, 5) is 0. The number of aromatic nitrogens is 2. The Morgan fingerprint density at radius 2 is 2.50 bits per heavy atom. The van der Waals surface area contributed by atoms with Crippen molar-refractivity contribution < 1.29 is 4.74 Å². The van der Waals surface area contributed by atoms with Gasteiger partial charge in [0.2, 0.25) is 0 Å². The minimum atomic E-state index is 0.0248. The van der Waals surface area contributed by atoms with Gasteiger partial charge in [0.05, 0.1) is 17.5 Å². The highest BCUT2D eigenvalue weighted by atomic mass is 16.5. The van der Waals surface area contributed by atoms with Crippen LogP contribution in [0.2, 0.25) is 0 Å². The van der Waals surface area contributed by atoms with E-state index in [2.05, 4.69) is 5.10 Å². The normalized spacial score (nSPS) is 20.9. The Bertz CT molecular complexity index is 379. The zero-order valence-corrected chi connectivity index (χ0v) is 9.57. The molecule has 0 saturated carbocycles. The maximum Gasteiger partial charge on any atom is 0.150 e. The second kappa shape index (κ2) is 4.65. The molecule has 0 aromatic carbocycles. The molecule has 1 aromatic rings. The summed E-state index contributed by atoms with van der Waals surface area (Å²) < 4.78 is 7.57. The molecule has 1 aliphatic heterocycles. The molecule has 0 spiro atoms. The van der Waals surface area contributed by atoms with Crippen LogP contribution in [-0.4, -0.2) is 22.2 Å². The average Bonchev–Trinajstić information content (AvgIpc) is 2.73. The molecule has 1 unspecified atom stereocenters. The standard InChI is InChI=1S/C11H18N4O/c1-2-9-8(11(12)13)7-14-15(9)10-5-3-4-6-16-10/h7,10H,2-6H2,1H3,(H3,12,13). The van der Waals surface area contributed by atoms with Crippen LogP contribution in [0.4, 0.5) is 0 Å². The summed E-state index contributed by atoms with van der Waals surface area (Å²) in [6.07, 6.45) is 5.79. The third-order valence-corrected chi connectivity index (χ3v) is 2.95. The van der Waals surface area contributed by atoms with Gasteiger partial charge in [-0.1, -0.05) is 6.92 Å². The number of nitrogen functional groups attached to an aromatic ring is 1. The van der Waals surface area contributed by atoms with Crippen molar-refractivity contribution in [2.45, 2.75) is 38.8 Å². The van der Waals surface area contributed by atoms with Crippen LogP contribution >= 0.6 is 0 Å². The number of nitrogens with one attached hydrogen (secondary N) is 1. The van der Waals surface area contributed by atoms with Gasteiger partial charge in [0.1, 0.15) is 12.1 Å². The molecule has 0 amide bonds. The first-order valence-electron chi connectivity index (χ1n) is 5.76. The smallest absolute Gasteiger partial charge is 0.150 e. The van der Waals surface area contributed by atoms with Crippen LogP contribution in [0.15, 0.2) is 6.20 Å². The number of amidine groups is 1. The molecule has 2 rings (SSSR count). The monoisotopic (exact) mass is 222 g/mol. The molecule has 1 atom stereocenters. The second-order valence-electron chi connectivity index (χ2n) is 4.04. The maximum atomic E-state index is 7.49. The van der Waals surface area contributed by atoms with Gasteiger partial charge in [-0.15, -0.1) is 0 Å². The van der Waals surface area contributed by atoms with Crippen LogP contribution in [0.5, 0.6) is 0 Å². The van der Waals surface area contributed by atoms with Crippen molar-refractivity contribution in [3.05, 3.63) is 17.5 Å². The highest BCUT2D eigenvalue weighted by Crippen LogP contribution is 2.24. The van der Waals surface area contributed by atoms with E-state index in [1.54, 1.807) is 6.20 Å². The van der Waals surface area contributed by atoms with Crippen molar-refractivity contribution in [3.8, 4) is 0 Å². The Balaban J connectivity index is 2.29. The van der Waals surface area contributed by atoms with Gasteiger partial charge < -0.3 is 10.5 Å². The Morgan fingerprint density at radius 3 is 3.06 bits per heavy atom. The van der Waals surface area contributed by atoms with Crippen molar-refractivity contribution in [2.24, 2.45) is 5.73 Å². The quantitative estimate of drug-likeness (QED) is 0.600. The molecule has 1 saturated heterocycles. The number of nitrogens with zero attached hydrogens (tertiary/aromatic N) is 2. The fourth-order valence-corrected chi connectivity index (χ4v) is 2.13. The van der Waals surface area contributed by atoms with Gasteiger partial charge in [-0.05, 0) is 25.7 Å². The fourth-order valence-electron chi connectivity index (χ4n) is 2.13. The van der Waals surface area contributed by atoms with Gasteiger partial charge in [-0.2, -0.15) is 5.10 Å². The number of nitrogens with two attached hydrogens (primary N) is 1. The van der Waals surface area contributed by atoms with E-state index >= 15 is 0 Å². The van der Waals surface area contributed by atoms with E-state index in [0.717, 1.165) is 37.1 Å². The molecule has 1 fully saturated rings. The van der Waals surface area contributed by atoms with Crippen molar-refractivity contribution >= 4 is 5.84 Å². The molecule has 5 nitrogen and oxygen atoms in total. The molecular formula is C11H18N4O. The fraction of sp³-hybridized carbons (Fsp3) is 0.636. The molecule has 0 radical (unpaired) electrons. The van der Waals surface area contributed by atoms with E-state index in [0.29, 0.717) is 0 Å². The molecule has 16 heavy (non-hydrogen) atoms. The molecular weight excluding hydrogens is 204 g/mol. The van der Waals surface area contributed by atoms with Crippen LogP contribution in [0.3, 0.4) is 0 Å². The second-order valence-corrected chi connectivity index (χ2v) is 4.04. The van der Waals surface area contributed by atoms with Crippen LogP contribution in [0.25, 0.3) is 0 Å². The number of hydrogen-bond acceptors (Lipinski definition) is 3. The molecule has 2 heterocycles. The van der Waals surface area contributed by atoms with Gasteiger partial charge in [0, 0.05) is 6.61 Å². The number of hydrogen-bond donors (Lipinski definition) is 2. The van der Waals surface area contributed by atoms with Crippen molar-refractivity contribution in [1.29, 1.82) is 5.41 Å². The van der Waals surface area contributed by atoms with E-state index in [-0.39, 0.29) is 12.1 Å². The third kappa shape index (κ3) is 1.95. The molecule has 0 aliphatic carbocycles. The molecule has 0 bridgehead atoms. The molecule has 5 heteroatoms. The molecule has 88 valence electrons.